The fourth-order valence-electron chi connectivity index (χ4n) is 7.32. The third-order valence-corrected chi connectivity index (χ3v) is 9.24. The second kappa shape index (κ2) is 11.3. The first-order chi connectivity index (χ1) is 15.2. The summed E-state index contributed by atoms with van der Waals surface area (Å²) in [7, 11) is 0. The van der Waals surface area contributed by atoms with Crippen LogP contribution in [0.1, 0.15) is 133 Å². The molecule has 4 rings (SSSR count). The number of rotatable bonds is 9. The predicted octanol–water partition coefficient (Wildman–Crippen LogP) is 9.39. The van der Waals surface area contributed by atoms with Gasteiger partial charge in [0.2, 0.25) is 0 Å². The Morgan fingerprint density at radius 2 is 1.52 bits per heavy atom. The summed E-state index contributed by atoms with van der Waals surface area (Å²) in [4.78, 5) is 0. The molecular weight excluding hydrogens is 379 g/mol. The van der Waals surface area contributed by atoms with Crippen molar-refractivity contribution in [2.45, 2.75) is 129 Å². The van der Waals surface area contributed by atoms with Crippen LogP contribution in [0.25, 0.3) is 0 Å². The van der Waals surface area contributed by atoms with Crippen molar-refractivity contribution < 1.29 is 4.39 Å². The first kappa shape index (κ1) is 23.3. The number of aryl methyl sites for hydroxylation is 1. The van der Waals surface area contributed by atoms with Gasteiger partial charge < -0.3 is 0 Å². The van der Waals surface area contributed by atoms with Crippen molar-refractivity contribution in [3.8, 4) is 0 Å². The third-order valence-electron chi connectivity index (χ3n) is 9.24. The van der Waals surface area contributed by atoms with Gasteiger partial charge in [0.25, 0.3) is 0 Å². The average Bonchev–Trinajstić information content (AvgIpc) is 2.79. The number of hydrogen-bond donors (Lipinski definition) is 0. The summed E-state index contributed by atoms with van der Waals surface area (Å²) in [5.74, 6) is 4.15. The molecule has 2 saturated carbocycles. The number of hydrogen-bond acceptors (Lipinski definition) is 0. The first-order valence-corrected chi connectivity index (χ1v) is 14.0. The van der Waals surface area contributed by atoms with Gasteiger partial charge in [0.05, 0.1) is 0 Å². The molecule has 0 N–H and O–H groups in total. The van der Waals surface area contributed by atoms with Crippen LogP contribution in [0.5, 0.6) is 0 Å². The van der Waals surface area contributed by atoms with Gasteiger partial charge in [0.15, 0.2) is 0 Å². The largest absolute Gasteiger partial charge is 0.207 e. The highest BCUT2D eigenvalue weighted by atomic mass is 19.1. The summed E-state index contributed by atoms with van der Waals surface area (Å²) in [6.07, 6.45) is 22.7. The van der Waals surface area contributed by atoms with E-state index in [0.717, 1.165) is 35.7 Å². The normalized spacial score (nSPS) is 30.6. The Hall–Kier alpha value is -0.850. The van der Waals surface area contributed by atoms with E-state index in [1.807, 2.05) is 6.07 Å². The fourth-order valence-corrected chi connectivity index (χ4v) is 7.32. The van der Waals surface area contributed by atoms with Gasteiger partial charge in [-0.15, -0.1) is 0 Å². The molecule has 1 heteroatoms. The highest BCUT2D eigenvalue weighted by Crippen LogP contribution is 2.49. The second-order valence-electron chi connectivity index (χ2n) is 11.5. The Bertz CT molecular complexity index is 692. The molecule has 1 aromatic carbocycles. The van der Waals surface area contributed by atoms with E-state index in [-0.39, 0.29) is 5.82 Å². The molecule has 0 heterocycles. The summed E-state index contributed by atoms with van der Waals surface area (Å²) >= 11 is 0. The van der Waals surface area contributed by atoms with Gasteiger partial charge in [-0.2, -0.15) is 0 Å². The van der Waals surface area contributed by atoms with Crippen LogP contribution in [0.3, 0.4) is 0 Å². The Labute approximate surface area is 191 Å². The summed E-state index contributed by atoms with van der Waals surface area (Å²) in [6, 6.07) is 4.26. The Morgan fingerprint density at radius 3 is 2.35 bits per heavy atom. The van der Waals surface area contributed by atoms with Gasteiger partial charge in [0, 0.05) is 0 Å². The van der Waals surface area contributed by atoms with Crippen molar-refractivity contribution in [2.24, 2.45) is 23.7 Å². The lowest BCUT2D eigenvalue weighted by molar-refractivity contribution is 0.112. The minimum absolute atomic E-state index is 0.114. The second-order valence-corrected chi connectivity index (χ2v) is 11.5. The van der Waals surface area contributed by atoms with E-state index in [1.54, 1.807) is 0 Å². The minimum Gasteiger partial charge on any atom is -0.207 e. The molecular formula is C30H47F. The molecule has 3 aliphatic carbocycles. The van der Waals surface area contributed by atoms with E-state index in [0.29, 0.717) is 5.92 Å². The molecule has 5 unspecified atom stereocenters. The predicted molar refractivity (Wildman–Crippen MR) is 131 cm³/mol. The zero-order chi connectivity index (χ0) is 21.6. The maximum atomic E-state index is 15.2. The van der Waals surface area contributed by atoms with Crippen LogP contribution in [0.4, 0.5) is 4.39 Å². The quantitative estimate of drug-likeness (QED) is 0.345. The van der Waals surface area contributed by atoms with Crippen LogP contribution in [0.15, 0.2) is 12.1 Å². The zero-order valence-electron chi connectivity index (χ0n) is 20.4. The fraction of sp³-hybridized carbons (Fsp3) is 0.800. The van der Waals surface area contributed by atoms with Gasteiger partial charge in [-0.25, -0.2) is 4.39 Å². The van der Waals surface area contributed by atoms with Gasteiger partial charge >= 0.3 is 0 Å². The lowest BCUT2D eigenvalue weighted by Crippen LogP contribution is -2.31. The topological polar surface area (TPSA) is 0 Å². The van der Waals surface area contributed by atoms with E-state index in [1.165, 1.54) is 114 Å². The summed E-state index contributed by atoms with van der Waals surface area (Å²) in [5, 5.41) is 0. The van der Waals surface area contributed by atoms with E-state index in [9.17, 15) is 0 Å². The third kappa shape index (κ3) is 5.94. The molecule has 0 amide bonds. The van der Waals surface area contributed by atoms with E-state index in [2.05, 4.69) is 19.9 Å². The average molecular weight is 427 g/mol. The maximum Gasteiger partial charge on any atom is 0.126 e. The van der Waals surface area contributed by atoms with Gasteiger partial charge in [-0.05, 0) is 104 Å². The van der Waals surface area contributed by atoms with Crippen molar-refractivity contribution in [3.05, 3.63) is 34.6 Å². The number of fused-ring (bicyclic) bond motifs is 2. The molecule has 0 bridgehead atoms. The van der Waals surface area contributed by atoms with Crippen LogP contribution >= 0.6 is 0 Å². The minimum atomic E-state index is 0.114. The first-order valence-electron chi connectivity index (χ1n) is 14.0. The Balaban J connectivity index is 1.33. The Kier molecular flexibility index (Phi) is 8.52. The maximum absolute atomic E-state index is 15.2. The number of unbranched alkanes of at least 4 members (excludes halogenated alkanes) is 4. The molecule has 2 fully saturated rings. The molecule has 0 radical (unpaired) electrons. The lowest BCUT2D eigenvalue weighted by atomic mass is 9.63. The molecule has 0 saturated heterocycles. The number of halogens is 1. The zero-order valence-corrected chi connectivity index (χ0v) is 20.4. The monoisotopic (exact) mass is 426 g/mol. The van der Waals surface area contributed by atoms with Gasteiger partial charge in [0.1, 0.15) is 5.82 Å². The van der Waals surface area contributed by atoms with Crippen LogP contribution in [-0.2, 0) is 12.8 Å². The van der Waals surface area contributed by atoms with Crippen LogP contribution in [0, 0.1) is 29.5 Å². The Morgan fingerprint density at radius 1 is 0.742 bits per heavy atom. The van der Waals surface area contributed by atoms with Crippen LogP contribution in [0.2, 0.25) is 0 Å². The molecule has 1 aromatic rings. The molecule has 174 valence electrons. The van der Waals surface area contributed by atoms with E-state index < -0.39 is 0 Å². The van der Waals surface area contributed by atoms with E-state index in [4.69, 9.17) is 0 Å². The molecule has 3 aliphatic rings. The molecule has 0 nitrogen and oxygen atoms in total. The van der Waals surface area contributed by atoms with Crippen molar-refractivity contribution in [1.29, 1.82) is 0 Å². The highest BCUT2D eigenvalue weighted by molar-refractivity contribution is 5.37. The van der Waals surface area contributed by atoms with Gasteiger partial charge in [-0.1, -0.05) is 77.7 Å². The smallest absolute Gasteiger partial charge is 0.126 e. The van der Waals surface area contributed by atoms with Crippen molar-refractivity contribution >= 4 is 0 Å². The standard InChI is InChI=1S/C30H47F/c1-3-5-7-8-10-23-11-13-25-19-27(16-15-24(25)17-23)29-20-26-14-12-22(9-6-4-2)18-28(26)21-30(29)31/h20-25,27H,3-19H2,1-2H3. The van der Waals surface area contributed by atoms with Crippen molar-refractivity contribution in [1.82, 2.24) is 0 Å². The van der Waals surface area contributed by atoms with Crippen molar-refractivity contribution in [2.75, 3.05) is 0 Å². The molecule has 31 heavy (non-hydrogen) atoms. The van der Waals surface area contributed by atoms with Gasteiger partial charge in [-0.3, -0.25) is 0 Å². The summed E-state index contributed by atoms with van der Waals surface area (Å²) < 4.78 is 15.2. The SMILES string of the molecule is CCCCCCC1CCC2CC(c3cc4c(cc3F)CC(CCCC)CC4)CCC2C1. The highest BCUT2D eigenvalue weighted by Gasteiger charge is 2.36. The van der Waals surface area contributed by atoms with E-state index >= 15 is 4.39 Å². The molecule has 5 atom stereocenters. The molecule has 0 aromatic heterocycles. The summed E-state index contributed by atoms with van der Waals surface area (Å²) in [5.41, 5.74) is 3.87. The summed E-state index contributed by atoms with van der Waals surface area (Å²) in [6.45, 7) is 4.58. The number of benzene rings is 1. The van der Waals surface area contributed by atoms with Crippen LogP contribution in [-0.4, -0.2) is 0 Å². The van der Waals surface area contributed by atoms with Crippen LogP contribution < -0.4 is 0 Å². The molecule has 0 spiro atoms. The molecule has 0 aliphatic heterocycles. The lowest BCUT2D eigenvalue weighted by Gasteiger charge is -2.42. The van der Waals surface area contributed by atoms with Crippen molar-refractivity contribution in [3.63, 3.8) is 0 Å².